The van der Waals surface area contributed by atoms with Crippen molar-refractivity contribution in [2.75, 3.05) is 5.32 Å². The van der Waals surface area contributed by atoms with Gasteiger partial charge in [0.2, 0.25) is 0 Å². The summed E-state index contributed by atoms with van der Waals surface area (Å²) in [5.74, 6) is 0.993. The lowest BCUT2D eigenvalue weighted by Crippen LogP contribution is -2.26. The highest BCUT2D eigenvalue weighted by molar-refractivity contribution is 5.76. The van der Waals surface area contributed by atoms with Crippen molar-refractivity contribution < 1.29 is 9.90 Å². The predicted octanol–water partition coefficient (Wildman–Crippen LogP) is 1.24. The third-order valence-electron chi connectivity index (χ3n) is 2.35. The van der Waals surface area contributed by atoms with Crippen LogP contribution in [-0.2, 0) is 4.79 Å². The van der Waals surface area contributed by atoms with Crippen LogP contribution in [0.2, 0.25) is 0 Å². The SMILES string of the molecule is C[C@@H](Nc1ccnc(C2CC2)n1)C(=O)O. The van der Waals surface area contributed by atoms with Gasteiger partial charge in [-0.1, -0.05) is 0 Å². The highest BCUT2D eigenvalue weighted by Crippen LogP contribution is 2.37. The van der Waals surface area contributed by atoms with Gasteiger partial charge in [-0.3, -0.25) is 4.79 Å². The summed E-state index contributed by atoms with van der Waals surface area (Å²) in [7, 11) is 0. The molecule has 1 heterocycles. The van der Waals surface area contributed by atoms with E-state index in [1.165, 1.54) is 0 Å². The Balaban J connectivity index is 2.07. The van der Waals surface area contributed by atoms with Crippen molar-refractivity contribution in [1.29, 1.82) is 0 Å². The Hall–Kier alpha value is -1.65. The molecule has 2 N–H and O–H groups in total. The summed E-state index contributed by atoms with van der Waals surface area (Å²) < 4.78 is 0. The summed E-state index contributed by atoms with van der Waals surface area (Å²) >= 11 is 0. The molecule has 0 aliphatic heterocycles. The van der Waals surface area contributed by atoms with Gasteiger partial charge in [0, 0.05) is 12.1 Å². The number of nitrogens with one attached hydrogen (secondary N) is 1. The highest BCUT2D eigenvalue weighted by atomic mass is 16.4. The summed E-state index contributed by atoms with van der Waals surface area (Å²) in [4.78, 5) is 19.1. The van der Waals surface area contributed by atoms with Crippen LogP contribution in [0.15, 0.2) is 12.3 Å². The van der Waals surface area contributed by atoms with E-state index >= 15 is 0 Å². The highest BCUT2D eigenvalue weighted by Gasteiger charge is 2.26. The molecule has 0 spiro atoms. The number of anilines is 1. The minimum atomic E-state index is -0.887. The first kappa shape index (κ1) is 9.89. The van der Waals surface area contributed by atoms with Crippen molar-refractivity contribution in [3.05, 3.63) is 18.1 Å². The fourth-order valence-electron chi connectivity index (χ4n) is 1.28. The predicted molar refractivity (Wildman–Crippen MR) is 54.7 cm³/mol. The quantitative estimate of drug-likeness (QED) is 0.776. The van der Waals surface area contributed by atoms with Gasteiger partial charge in [0.1, 0.15) is 17.7 Å². The zero-order valence-electron chi connectivity index (χ0n) is 8.47. The van der Waals surface area contributed by atoms with E-state index in [1.807, 2.05) is 0 Å². The van der Waals surface area contributed by atoms with Gasteiger partial charge < -0.3 is 10.4 Å². The van der Waals surface area contributed by atoms with Crippen LogP contribution in [0.25, 0.3) is 0 Å². The zero-order valence-corrected chi connectivity index (χ0v) is 8.47. The maximum absolute atomic E-state index is 10.6. The maximum Gasteiger partial charge on any atom is 0.325 e. The Labute approximate surface area is 87.6 Å². The van der Waals surface area contributed by atoms with Crippen LogP contribution in [0.1, 0.15) is 31.5 Å². The van der Waals surface area contributed by atoms with Crippen LogP contribution in [-0.4, -0.2) is 27.1 Å². The lowest BCUT2D eigenvalue weighted by molar-refractivity contribution is -0.137. The van der Waals surface area contributed by atoms with Crippen molar-refractivity contribution in [2.24, 2.45) is 0 Å². The van der Waals surface area contributed by atoms with Gasteiger partial charge in [0.15, 0.2) is 0 Å². The summed E-state index contributed by atoms with van der Waals surface area (Å²) in [5, 5.41) is 11.5. The molecular formula is C10H13N3O2. The number of aromatic nitrogens is 2. The van der Waals surface area contributed by atoms with E-state index < -0.39 is 12.0 Å². The Morgan fingerprint density at radius 3 is 3.00 bits per heavy atom. The van der Waals surface area contributed by atoms with E-state index in [9.17, 15) is 4.79 Å². The molecule has 0 saturated heterocycles. The lowest BCUT2D eigenvalue weighted by Gasteiger charge is -2.09. The minimum absolute atomic E-state index is 0.479. The van der Waals surface area contributed by atoms with Crippen molar-refractivity contribution in [3.63, 3.8) is 0 Å². The van der Waals surface area contributed by atoms with Crippen LogP contribution in [0.3, 0.4) is 0 Å². The second-order valence-corrected chi connectivity index (χ2v) is 3.78. The number of hydrogen-bond donors (Lipinski definition) is 2. The molecule has 1 aromatic rings. The summed E-state index contributed by atoms with van der Waals surface area (Å²) in [6.07, 6.45) is 3.94. The average molecular weight is 207 g/mol. The van der Waals surface area contributed by atoms with Crippen LogP contribution in [0.4, 0.5) is 5.82 Å². The van der Waals surface area contributed by atoms with Gasteiger partial charge in [0.05, 0.1) is 0 Å². The number of nitrogens with zero attached hydrogens (tertiary/aromatic N) is 2. The molecule has 0 bridgehead atoms. The molecule has 2 rings (SSSR count). The maximum atomic E-state index is 10.6. The number of carboxylic acids is 1. The molecule has 1 fully saturated rings. The Kier molecular flexibility index (Phi) is 2.53. The molecule has 1 aromatic heterocycles. The number of carbonyl (C=O) groups is 1. The normalized spacial score (nSPS) is 17.1. The molecule has 0 unspecified atom stereocenters. The van der Waals surface area contributed by atoms with E-state index in [0.29, 0.717) is 11.7 Å². The van der Waals surface area contributed by atoms with Gasteiger partial charge in [-0.15, -0.1) is 0 Å². The molecule has 15 heavy (non-hydrogen) atoms. The molecule has 0 radical (unpaired) electrons. The average Bonchev–Trinajstić information content (AvgIpc) is 3.01. The standard InChI is InChI=1S/C10H13N3O2/c1-6(10(14)15)12-8-4-5-11-9(13-8)7-2-3-7/h4-7H,2-3H2,1H3,(H,14,15)(H,11,12,13)/t6-/m1/s1. The van der Waals surface area contributed by atoms with Crippen molar-refractivity contribution in [3.8, 4) is 0 Å². The van der Waals surface area contributed by atoms with E-state index in [-0.39, 0.29) is 0 Å². The van der Waals surface area contributed by atoms with E-state index in [2.05, 4.69) is 15.3 Å². The zero-order chi connectivity index (χ0) is 10.8. The van der Waals surface area contributed by atoms with Crippen molar-refractivity contribution >= 4 is 11.8 Å². The van der Waals surface area contributed by atoms with Crippen LogP contribution < -0.4 is 5.32 Å². The summed E-state index contributed by atoms with van der Waals surface area (Å²) in [6, 6.07) is 1.05. The fraction of sp³-hybridized carbons (Fsp3) is 0.500. The third kappa shape index (κ3) is 2.43. The molecule has 80 valence electrons. The van der Waals surface area contributed by atoms with E-state index in [1.54, 1.807) is 19.2 Å². The first-order chi connectivity index (χ1) is 7.16. The van der Waals surface area contributed by atoms with Crippen molar-refractivity contribution in [2.45, 2.75) is 31.7 Å². The molecule has 1 aliphatic rings. The van der Waals surface area contributed by atoms with Crippen LogP contribution in [0.5, 0.6) is 0 Å². The van der Waals surface area contributed by atoms with E-state index in [4.69, 9.17) is 5.11 Å². The molecule has 1 saturated carbocycles. The monoisotopic (exact) mass is 207 g/mol. The van der Waals surface area contributed by atoms with Crippen LogP contribution in [0, 0.1) is 0 Å². The van der Waals surface area contributed by atoms with E-state index in [0.717, 1.165) is 18.7 Å². The Morgan fingerprint density at radius 1 is 1.67 bits per heavy atom. The minimum Gasteiger partial charge on any atom is -0.480 e. The first-order valence-electron chi connectivity index (χ1n) is 4.99. The first-order valence-corrected chi connectivity index (χ1v) is 4.99. The fourth-order valence-corrected chi connectivity index (χ4v) is 1.28. The Bertz CT molecular complexity index is 377. The molecule has 1 atom stereocenters. The molecule has 0 amide bonds. The Morgan fingerprint density at radius 2 is 2.40 bits per heavy atom. The lowest BCUT2D eigenvalue weighted by atomic mass is 10.3. The van der Waals surface area contributed by atoms with Crippen molar-refractivity contribution in [1.82, 2.24) is 9.97 Å². The van der Waals surface area contributed by atoms with Gasteiger partial charge in [0.25, 0.3) is 0 Å². The molecule has 1 aliphatic carbocycles. The second-order valence-electron chi connectivity index (χ2n) is 3.78. The summed E-state index contributed by atoms with van der Waals surface area (Å²) in [5.41, 5.74) is 0. The summed E-state index contributed by atoms with van der Waals surface area (Å²) in [6.45, 7) is 1.58. The van der Waals surface area contributed by atoms with Gasteiger partial charge in [-0.25, -0.2) is 9.97 Å². The largest absolute Gasteiger partial charge is 0.480 e. The number of carboxylic acid groups (broad SMARTS) is 1. The molecular weight excluding hydrogens is 194 g/mol. The molecule has 5 heteroatoms. The second kappa shape index (κ2) is 3.84. The van der Waals surface area contributed by atoms with Gasteiger partial charge in [-0.05, 0) is 25.8 Å². The number of rotatable bonds is 4. The van der Waals surface area contributed by atoms with Crippen LogP contribution >= 0.6 is 0 Å². The van der Waals surface area contributed by atoms with Gasteiger partial charge in [-0.2, -0.15) is 0 Å². The smallest absolute Gasteiger partial charge is 0.325 e. The molecule has 0 aromatic carbocycles. The molecule has 5 nitrogen and oxygen atoms in total. The number of aliphatic carboxylic acids is 1. The number of hydrogen-bond acceptors (Lipinski definition) is 4. The third-order valence-corrected chi connectivity index (χ3v) is 2.35. The topological polar surface area (TPSA) is 75.1 Å². The van der Waals surface area contributed by atoms with Gasteiger partial charge >= 0.3 is 5.97 Å².